The Morgan fingerprint density at radius 2 is 2.00 bits per heavy atom. The highest BCUT2D eigenvalue weighted by molar-refractivity contribution is 7.99. The first-order valence-corrected chi connectivity index (χ1v) is 10.2. The molecule has 11 heteroatoms. The summed E-state index contributed by atoms with van der Waals surface area (Å²) in [4.78, 5) is 17.6. The van der Waals surface area contributed by atoms with E-state index < -0.39 is 14.9 Å². The number of hydrazone groups is 1. The van der Waals surface area contributed by atoms with Crippen molar-refractivity contribution in [1.29, 1.82) is 0 Å². The molecule has 0 aliphatic heterocycles. The Morgan fingerprint density at radius 3 is 2.64 bits per heavy atom. The number of imidazole rings is 1. The van der Waals surface area contributed by atoms with Crippen LogP contribution in [0.2, 0.25) is 0 Å². The molecule has 0 unspecified atom stereocenters. The van der Waals surface area contributed by atoms with E-state index in [1.54, 1.807) is 54.3 Å². The molecule has 1 aromatic heterocycles. The molecule has 9 nitrogen and oxygen atoms in total. The molecule has 28 heavy (non-hydrogen) atoms. The van der Waals surface area contributed by atoms with Gasteiger partial charge in [0.1, 0.15) is 0 Å². The Bertz CT molecular complexity index is 1130. The summed E-state index contributed by atoms with van der Waals surface area (Å²) in [7, 11) is -2.01. The van der Waals surface area contributed by atoms with Crippen molar-refractivity contribution in [3.8, 4) is 0 Å². The summed E-state index contributed by atoms with van der Waals surface area (Å²) in [6.07, 6.45) is 4.56. The lowest BCUT2D eigenvalue weighted by molar-refractivity contribution is -0.387. The minimum Gasteiger partial charge on any atom is -0.329 e. The van der Waals surface area contributed by atoms with Crippen molar-refractivity contribution < 1.29 is 13.3 Å². The normalized spacial score (nSPS) is 11.6. The quantitative estimate of drug-likeness (QED) is 0.359. The monoisotopic (exact) mass is 417 g/mol. The van der Waals surface area contributed by atoms with Crippen LogP contribution >= 0.6 is 11.8 Å². The minimum absolute atomic E-state index is 0.0694. The maximum absolute atomic E-state index is 12.1. The average Bonchev–Trinajstić information content (AvgIpc) is 3.08. The van der Waals surface area contributed by atoms with Crippen molar-refractivity contribution in [3.05, 3.63) is 76.6 Å². The van der Waals surface area contributed by atoms with E-state index in [9.17, 15) is 18.5 Å². The van der Waals surface area contributed by atoms with Gasteiger partial charge in [-0.2, -0.15) is 13.5 Å². The van der Waals surface area contributed by atoms with Gasteiger partial charge in [-0.3, -0.25) is 10.1 Å². The molecule has 0 saturated heterocycles. The second-order valence-corrected chi connectivity index (χ2v) is 8.24. The molecule has 0 fully saturated rings. The van der Waals surface area contributed by atoms with E-state index in [-0.39, 0.29) is 10.6 Å². The SMILES string of the molecule is Cn1ccnc1Sc1ccc(C=NNS(=O)(=O)c2ccccc2)cc1[N+](=O)[O-]. The second-order valence-electron chi connectivity index (χ2n) is 5.57. The summed E-state index contributed by atoms with van der Waals surface area (Å²) in [5.41, 5.74) is 0.259. The van der Waals surface area contributed by atoms with Crippen LogP contribution in [0.1, 0.15) is 5.56 Å². The first-order chi connectivity index (χ1) is 13.4. The zero-order valence-corrected chi connectivity index (χ0v) is 16.2. The van der Waals surface area contributed by atoms with Gasteiger partial charge in [0.15, 0.2) is 5.16 Å². The first kappa shape index (κ1) is 19.6. The largest absolute Gasteiger partial charge is 0.329 e. The summed E-state index contributed by atoms with van der Waals surface area (Å²) < 4.78 is 26.0. The number of rotatable bonds is 7. The molecule has 2 aromatic carbocycles. The van der Waals surface area contributed by atoms with Gasteiger partial charge in [-0.05, 0) is 30.0 Å². The average molecular weight is 417 g/mol. The molecule has 0 aliphatic carbocycles. The smallest absolute Gasteiger partial charge is 0.283 e. The highest BCUT2D eigenvalue weighted by atomic mass is 32.2. The molecule has 0 aliphatic rings. The van der Waals surface area contributed by atoms with Crippen LogP contribution in [0.4, 0.5) is 5.69 Å². The molecular formula is C17H15N5O4S2. The summed E-state index contributed by atoms with van der Waals surface area (Å²) >= 11 is 1.16. The lowest BCUT2D eigenvalue weighted by Gasteiger charge is -2.05. The molecule has 1 heterocycles. The standard InChI is InChI=1S/C17H15N5O4S2/c1-21-10-9-18-17(21)27-16-8-7-13(11-15(16)22(23)24)12-19-20-28(25,26)14-5-3-2-4-6-14/h2-12,20H,1H3. The van der Waals surface area contributed by atoms with Crippen LogP contribution in [0.5, 0.6) is 0 Å². The van der Waals surface area contributed by atoms with Gasteiger partial charge in [0.2, 0.25) is 0 Å². The fraction of sp³-hybridized carbons (Fsp3) is 0.0588. The Labute approximate surface area is 165 Å². The summed E-state index contributed by atoms with van der Waals surface area (Å²) in [6, 6.07) is 12.3. The topological polar surface area (TPSA) is 119 Å². The van der Waals surface area contributed by atoms with Crippen LogP contribution in [0, 0.1) is 10.1 Å². The number of hydrogen-bond donors (Lipinski definition) is 1. The number of hydrogen-bond acceptors (Lipinski definition) is 7. The molecular weight excluding hydrogens is 402 g/mol. The highest BCUT2D eigenvalue weighted by Gasteiger charge is 2.17. The Morgan fingerprint density at radius 1 is 1.25 bits per heavy atom. The molecule has 144 valence electrons. The third-order valence-electron chi connectivity index (χ3n) is 3.60. The summed E-state index contributed by atoms with van der Waals surface area (Å²) in [6.45, 7) is 0. The van der Waals surface area contributed by atoms with E-state index in [0.717, 1.165) is 11.8 Å². The zero-order chi connectivity index (χ0) is 20.1. The highest BCUT2D eigenvalue weighted by Crippen LogP contribution is 2.34. The van der Waals surface area contributed by atoms with Crippen LogP contribution in [0.3, 0.4) is 0 Å². The van der Waals surface area contributed by atoms with Crippen LogP contribution in [-0.2, 0) is 17.1 Å². The third-order valence-corrected chi connectivity index (χ3v) is 5.98. The van der Waals surface area contributed by atoms with E-state index in [2.05, 4.69) is 14.9 Å². The predicted octanol–water partition coefficient (Wildman–Crippen LogP) is 2.79. The Balaban J connectivity index is 1.79. The van der Waals surface area contributed by atoms with E-state index in [0.29, 0.717) is 15.6 Å². The number of nitro groups is 1. The van der Waals surface area contributed by atoms with Crippen LogP contribution in [-0.4, -0.2) is 29.1 Å². The van der Waals surface area contributed by atoms with Gasteiger partial charge < -0.3 is 4.57 Å². The van der Waals surface area contributed by atoms with Crippen molar-refractivity contribution in [2.45, 2.75) is 14.9 Å². The van der Waals surface area contributed by atoms with Gasteiger partial charge in [-0.25, -0.2) is 9.82 Å². The van der Waals surface area contributed by atoms with E-state index in [4.69, 9.17) is 0 Å². The fourth-order valence-electron chi connectivity index (χ4n) is 2.21. The van der Waals surface area contributed by atoms with Gasteiger partial charge >= 0.3 is 0 Å². The molecule has 0 radical (unpaired) electrons. The number of aryl methyl sites for hydroxylation is 1. The van der Waals surface area contributed by atoms with Crippen molar-refractivity contribution >= 4 is 33.7 Å². The zero-order valence-electron chi connectivity index (χ0n) is 14.6. The minimum atomic E-state index is -3.80. The van der Waals surface area contributed by atoms with Crippen molar-refractivity contribution in [3.63, 3.8) is 0 Å². The van der Waals surface area contributed by atoms with Gasteiger partial charge in [0, 0.05) is 31.1 Å². The van der Waals surface area contributed by atoms with Crippen LogP contribution < -0.4 is 4.83 Å². The van der Waals surface area contributed by atoms with Gasteiger partial charge in [0.25, 0.3) is 15.7 Å². The molecule has 1 N–H and O–H groups in total. The van der Waals surface area contributed by atoms with E-state index in [1.165, 1.54) is 24.4 Å². The molecule has 0 saturated carbocycles. The van der Waals surface area contributed by atoms with Gasteiger partial charge in [-0.15, -0.1) is 0 Å². The molecule has 0 bridgehead atoms. The van der Waals surface area contributed by atoms with Gasteiger partial charge in [-0.1, -0.05) is 24.3 Å². The summed E-state index contributed by atoms with van der Waals surface area (Å²) in [5, 5.41) is 15.7. The number of aromatic nitrogens is 2. The number of sulfonamides is 1. The third kappa shape index (κ3) is 4.56. The van der Waals surface area contributed by atoms with Crippen molar-refractivity contribution in [2.75, 3.05) is 0 Å². The lowest BCUT2D eigenvalue weighted by atomic mass is 10.2. The van der Waals surface area contributed by atoms with Crippen LogP contribution in [0.25, 0.3) is 0 Å². The maximum Gasteiger partial charge on any atom is 0.283 e. The number of nitrogens with one attached hydrogen (secondary N) is 1. The fourth-order valence-corrected chi connectivity index (χ4v) is 3.92. The molecule has 3 rings (SSSR count). The number of nitro benzene ring substituents is 1. The summed E-state index contributed by atoms with van der Waals surface area (Å²) in [5.74, 6) is 0. The molecule has 0 spiro atoms. The van der Waals surface area contributed by atoms with Crippen LogP contribution in [0.15, 0.2) is 81.0 Å². The van der Waals surface area contributed by atoms with E-state index >= 15 is 0 Å². The number of nitrogens with zero attached hydrogens (tertiary/aromatic N) is 4. The second kappa shape index (κ2) is 8.23. The van der Waals surface area contributed by atoms with Gasteiger partial charge in [0.05, 0.1) is 20.9 Å². The molecule has 0 amide bonds. The van der Waals surface area contributed by atoms with Crippen molar-refractivity contribution in [1.82, 2.24) is 14.4 Å². The number of benzene rings is 2. The van der Waals surface area contributed by atoms with E-state index in [1.807, 2.05) is 0 Å². The van der Waals surface area contributed by atoms with Crippen molar-refractivity contribution in [2.24, 2.45) is 12.1 Å². The Kier molecular flexibility index (Phi) is 5.76. The maximum atomic E-state index is 12.1. The molecule has 0 atom stereocenters. The molecule has 3 aromatic rings. The Hall–Kier alpha value is -3.18. The predicted molar refractivity (Wildman–Crippen MR) is 105 cm³/mol. The lowest BCUT2D eigenvalue weighted by Crippen LogP contribution is -2.18. The first-order valence-electron chi connectivity index (χ1n) is 7.90.